The van der Waals surface area contributed by atoms with E-state index in [1.54, 1.807) is 24.3 Å². The van der Waals surface area contributed by atoms with Gasteiger partial charge in [-0.1, -0.05) is 0 Å². The number of nitrogens with two attached hydrogens (primary N) is 1. The van der Waals surface area contributed by atoms with Crippen LogP contribution in [0, 0.1) is 5.41 Å². The van der Waals surface area contributed by atoms with Gasteiger partial charge in [-0.05, 0) is 24.3 Å². The number of aliphatic carboxylic acids is 1. The van der Waals surface area contributed by atoms with Crippen LogP contribution in [0.1, 0.15) is 12.0 Å². The number of nitrogen functional groups attached to an aromatic ring is 1. The van der Waals surface area contributed by atoms with Gasteiger partial charge in [0.2, 0.25) is 5.91 Å². The van der Waals surface area contributed by atoms with Crippen molar-refractivity contribution in [1.29, 1.82) is 5.41 Å². The molecule has 6 heteroatoms. The van der Waals surface area contributed by atoms with E-state index in [4.69, 9.17) is 16.2 Å². The van der Waals surface area contributed by atoms with Gasteiger partial charge in [-0.25, -0.2) is 0 Å². The van der Waals surface area contributed by atoms with Gasteiger partial charge < -0.3 is 16.2 Å². The Balaban J connectivity index is 2.65. The lowest BCUT2D eigenvalue weighted by molar-refractivity contribution is -0.139. The summed E-state index contributed by atoms with van der Waals surface area (Å²) >= 11 is 0. The summed E-state index contributed by atoms with van der Waals surface area (Å²) < 4.78 is 0. The summed E-state index contributed by atoms with van der Waals surface area (Å²) in [7, 11) is 0. The Morgan fingerprint density at radius 2 is 1.88 bits per heavy atom. The van der Waals surface area contributed by atoms with Crippen molar-refractivity contribution in [1.82, 2.24) is 0 Å². The highest BCUT2D eigenvalue weighted by atomic mass is 16.4. The number of carbonyl (C=O) groups is 2. The minimum absolute atomic E-state index is 0.0663. The molecule has 0 radical (unpaired) electrons. The lowest BCUT2D eigenvalue weighted by Crippen LogP contribution is -2.16. The molecule has 16 heavy (non-hydrogen) atoms. The summed E-state index contributed by atoms with van der Waals surface area (Å²) in [6.45, 7) is 0. The predicted octanol–water partition coefficient (Wildman–Crippen LogP) is 0.384. The van der Waals surface area contributed by atoms with Gasteiger partial charge in [-0.3, -0.25) is 15.0 Å². The first kappa shape index (κ1) is 11.7. The van der Waals surface area contributed by atoms with Gasteiger partial charge in [-0.15, -0.1) is 0 Å². The molecule has 0 saturated carbocycles. The van der Waals surface area contributed by atoms with E-state index in [0.717, 1.165) is 0 Å². The molecule has 0 aliphatic carbocycles. The summed E-state index contributed by atoms with van der Waals surface area (Å²) in [6, 6.07) is 6.24. The highest BCUT2D eigenvalue weighted by Gasteiger charge is 2.07. The average molecular weight is 221 g/mol. The molecule has 0 spiro atoms. The molecule has 0 heterocycles. The van der Waals surface area contributed by atoms with Crippen LogP contribution in [0.25, 0.3) is 0 Å². The topological polar surface area (TPSA) is 116 Å². The maximum atomic E-state index is 11.1. The number of hydrogen-bond donors (Lipinski definition) is 4. The van der Waals surface area contributed by atoms with E-state index in [0.29, 0.717) is 11.3 Å². The van der Waals surface area contributed by atoms with Gasteiger partial charge in [0.1, 0.15) is 12.3 Å². The number of carboxylic acid groups (broad SMARTS) is 1. The molecule has 0 saturated heterocycles. The Morgan fingerprint density at radius 3 is 2.31 bits per heavy atom. The molecule has 0 bridgehead atoms. The third-order valence-corrected chi connectivity index (χ3v) is 1.79. The van der Waals surface area contributed by atoms with Crippen LogP contribution >= 0.6 is 0 Å². The Labute approximate surface area is 91.6 Å². The van der Waals surface area contributed by atoms with E-state index in [2.05, 4.69) is 5.32 Å². The van der Waals surface area contributed by atoms with Crippen LogP contribution in [0.4, 0.5) is 5.69 Å². The zero-order valence-electron chi connectivity index (χ0n) is 8.36. The van der Waals surface area contributed by atoms with Crippen LogP contribution in [0.3, 0.4) is 0 Å². The third kappa shape index (κ3) is 3.41. The molecule has 1 aromatic rings. The van der Waals surface area contributed by atoms with Gasteiger partial charge in [0.15, 0.2) is 0 Å². The van der Waals surface area contributed by atoms with Crippen molar-refractivity contribution in [2.45, 2.75) is 6.42 Å². The van der Waals surface area contributed by atoms with Crippen molar-refractivity contribution in [2.75, 3.05) is 5.32 Å². The highest BCUT2D eigenvalue weighted by Crippen LogP contribution is 2.09. The fourth-order valence-electron chi connectivity index (χ4n) is 1.08. The fourth-order valence-corrected chi connectivity index (χ4v) is 1.08. The minimum Gasteiger partial charge on any atom is -0.481 e. The zero-order valence-corrected chi connectivity index (χ0v) is 8.36. The maximum Gasteiger partial charge on any atom is 0.312 e. The first-order valence-electron chi connectivity index (χ1n) is 4.45. The summed E-state index contributed by atoms with van der Waals surface area (Å²) in [5.41, 5.74) is 6.26. The van der Waals surface area contributed by atoms with E-state index >= 15 is 0 Å². The van der Waals surface area contributed by atoms with Crippen LogP contribution < -0.4 is 11.1 Å². The second-order valence-electron chi connectivity index (χ2n) is 3.11. The van der Waals surface area contributed by atoms with Gasteiger partial charge in [0, 0.05) is 11.3 Å². The molecule has 1 amide bonds. The van der Waals surface area contributed by atoms with Gasteiger partial charge in [0.05, 0.1) is 0 Å². The van der Waals surface area contributed by atoms with Crippen LogP contribution in [0.5, 0.6) is 0 Å². The summed E-state index contributed by atoms with van der Waals surface area (Å²) in [5.74, 6) is -1.84. The van der Waals surface area contributed by atoms with Gasteiger partial charge >= 0.3 is 5.97 Å². The summed E-state index contributed by atoms with van der Waals surface area (Å²) in [6.07, 6.45) is -0.575. The number of benzene rings is 1. The maximum absolute atomic E-state index is 11.1. The Morgan fingerprint density at radius 1 is 1.31 bits per heavy atom. The molecule has 6 nitrogen and oxygen atoms in total. The number of nitrogens with one attached hydrogen (secondary N) is 2. The number of anilines is 1. The second kappa shape index (κ2) is 4.92. The second-order valence-corrected chi connectivity index (χ2v) is 3.11. The number of rotatable bonds is 4. The van der Waals surface area contributed by atoms with E-state index in [1.165, 1.54) is 0 Å². The molecule has 84 valence electrons. The van der Waals surface area contributed by atoms with Crippen molar-refractivity contribution >= 4 is 23.4 Å². The highest BCUT2D eigenvalue weighted by molar-refractivity contribution is 6.01. The molecule has 0 fully saturated rings. The largest absolute Gasteiger partial charge is 0.481 e. The van der Waals surface area contributed by atoms with E-state index < -0.39 is 18.3 Å². The first-order chi connectivity index (χ1) is 7.49. The Kier molecular flexibility index (Phi) is 3.60. The van der Waals surface area contributed by atoms with Crippen LogP contribution in [0.15, 0.2) is 24.3 Å². The molecule has 0 aliphatic heterocycles. The van der Waals surface area contributed by atoms with Crippen LogP contribution in [-0.2, 0) is 9.59 Å². The van der Waals surface area contributed by atoms with Gasteiger partial charge in [-0.2, -0.15) is 0 Å². The summed E-state index contributed by atoms with van der Waals surface area (Å²) in [5, 5.41) is 17.9. The molecule has 5 N–H and O–H groups in total. The molecular weight excluding hydrogens is 210 g/mol. The lowest BCUT2D eigenvalue weighted by Gasteiger charge is -2.04. The monoisotopic (exact) mass is 221 g/mol. The van der Waals surface area contributed by atoms with E-state index in [9.17, 15) is 9.59 Å². The van der Waals surface area contributed by atoms with Crippen molar-refractivity contribution in [2.24, 2.45) is 5.73 Å². The predicted molar refractivity (Wildman–Crippen MR) is 58.3 cm³/mol. The van der Waals surface area contributed by atoms with Gasteiger partial charge in [0.25, 0.3) is 0 Å². The smallest absolute Gasteiger partial charge is 0.312 e. The first-order valence-corrected chi connectivity index (χ1v) is 4.45. The fraction of sp³-hybridized carbons (Fsp3) is 0.100. The number of amides is 1. The Bertz CT molecular complexity index is 425. The molecule has 1 rings (SSSR count). The number of amidine groups is 1. The minimum atomic E-state index is -1.18. The number of carbonyl (C=O) groups excluding carboxylic acids is 1. The van der Waals surface area contributed by atoms with Crippen LogP contribution in [0.2, 0.25) is 0 Å². The van der Waals surface area contributed by atoms with E-state index in [-0.39, 0.29) is 5.84 Å². The molecule has 0 atom stereocenters. The SMILES string of the molecule is N=C(N)c1ccc(NC(=O)CC(=O)O)cc1. The van der Waals surface area contributed by atoms with Crippen molar-refractivity contribution in [3.8, 4) is 0 Å². The third-order valence-electron chi connectivity index (χ3n) is 1.79. The quantitative estimate of drug-likeness (QED) is 0.334. The molecule has 0 aliphatic rings. The summed E-state index contributed by atoms with van der Waals surface area (Å²) in [4.78, 5) is 21.3. The molecule has 0 aromatic heterocycles. The lowest BCUT2D eigenvalue weighted by atomic mass is 10.2. The van der Waals surface area contributed by atoms with E-state index in [1.807, 2.05) is 0 Å². The molecule has 1 aromatic carbocycles. The number of hydrogen-bond acceptors (Lipinski definition) is 3. The molecular formula is C10H11N3O3. The van der Waals surface area contributed by atoms with Crippen molar-refractivity contribution in [3.05, 3.63) is 29.8 Å². The van der Waals surface area contributed by atoms with Crippen LogP contribution in [-0.4, -0.2) is 22.8 Å². The van der Waals surface area contributed by atoms with Crippen molar-refractivity contribution in [3.63, 3.8) is 0 Å². The molecule has 0 unspecified atom stereocenters. The number of carboxylic acids is 1. The standard InChI is InChI=1S/C10H11N3O3/c11-10(12)6-1-3-7(4-2-6)13-8(14)5-9(15)16/h1-4H,5H2,(H3,11,12)(H,13,14)(H,15,16). The normalized spacial score (nSPS) is 9.50. The Hall–Kier alpha value is -2.37. The average Bonchev–Trinajstić information content (AvgIpc) is 2.16. The zero-order chi connectivity index (χ0) is 12.1. The van der Waals surface area contributed by atoms with Crippen molar-refractivity contribution < 1.29 is 14.7 Å².